The third kappa shape index (κ3) is 3.22. The second kappa shape index (κ2) is 5.08. The topological polar surface area (TPSA) is 29.1 Å². The first-order chi connectivity index (χ1) is 8.09. The number of benzene rings is 1. The molecule has 1 aromatic rings. The number of hydrogen-bond acceptors (Lipinski definition) is 2. The Morgan fingerprint density at radius 1 is 1.47 bits per heavy atom. The van der Waals surface area contributed by atoms with Crippen LogP contribution in [0.4, 0.5) is 4.39 Å². The van der Waals surface area contributed by atoms with E-state index in [0.29, 0.717) is 12.1 Å². The SMILES string of the molecule is CC1(CNC(=O)c2ccc(F)cc2)CCCS1. The lowest BCUT2D eigenvalue weighted by Crippen LogP contribution is -2.36. The predicted octanol–water partition coefficient (Wildman–Crippen LogP) is 2.84. The van der Waals surface area contributed by atoms with Crippen LogP contribution in [0.2, 0.25) is 0 Å². The summed E-state index contributed by atoms with van der Waals surface area (Å²) in [5.74, 6) is 0.724. The third-order valence-corrected chi connectivity index (χ3v) is 4.57. The van der Waals surface area contributed by atoms with E-state index in [4.69, 9.17) is 0 Å². The summed E-state index contributed by atoms with van der Waals surface area (Å²) >= 11 is 1.91. The fourth-order valence-electron chi connectivity index (χ4n) is 1.95. The first kappa shape index (κ1) is 12.4. The molecule has 1 amide bonds. The Hall–Kier alpha value is -1.03. The van der Waals surface area contributed by atoms with E-state index in [-0.39, 0.29) is 16.5 Å². The second-order valence-electron chi connectivity index (χ2n) is 4.59. The molecule has 0 aromatic heterocycles. The fourth-order valence-corrected chi connectivity index (χ4v) is 3.19. The van der Waals surface area contributed by atoms with Gasteiger partial charge in [0.05, 0.1) is 0 Å². The maximum atomic E-state index is 12.7. The molecule has 4 heteroatoms. The molecule has 1 aromatic carbocycles. The average molecular weight is 253 g/mol. The Morgan fingerprint density at radius 3 is 2.76 bits per heavy atom. The molecule has 1 aliphatic heterocycles. The molecule has 2 rings (SSSR count). The number of thioether (sulfide) groups is 1. The summed E-state index contributed by atoms with van der Waals surface area (Å²) in [7, 11) is 0. The van der Waals surface area contributed by atoms with Crippen molar-refractivity contribution in [2.24, 2.45) is 0 Å². The van der Waals surface area contributed by atoms with E-state index in [1.54, 1.807) is 0 Å². The zero-order valence-corrected chi connectivity index (χ0v) is 10.6. The molecule has 0 aliphatic carbocycles. The van der Waals surface area contributed by atoms with Crippen molar-refractivity contribution in [3.05, 3.63) is 35.6 Å². The van der Waals surface area contributed by atoms with E-state index in [9.17, 15) is 9.18 Å². The van der Waals surface area contributed by atoms with Gasteiger partial charge >= 0.3 is 0 Å². The molecule has 2 nitrogen and oxygen atoms in total. The Bertz CT molecular complexity index is 398. The molecule has 1 heterocycles. The minimum atomic E-state index is -0.320. The van der Waals surface area contributed by atoms with Gasteiger partial charge in [-0.15, -0.1) is 0 Å². The number of amides is 1. The largest absolute Gasteiger partial charge is 0.351 e. The number of nitrogens with one attached hydrogen (secondary N) is 1. The number of carbonyl (C=O) groups excluding carboxylic acids is 1. The van der Waals surface area contributed by atoms with Crippen LogP contribution < -0.4 is 5.32 Å². The van der Waals surface area contributed by atoms with E-state index in [1.807, 2.05) is 11.8 Å². The van der Waals surface area contributed by atoms with Crippen molar-refractivity contribution >= 4 is 17.7 Å². The van der Waals surface area contributed by atoms with Crippen LogP contribution in [-0.2, 0) is 0 Å². The molecule has 0 bridgehead atoms. The monoisotopic (exact) mass is 253 g/mol. The quantitative estimate of drug-likeness (QED) is 0.897. The first-order valence-corrected chi connectivity index (χ1v) is 6.75. The summed E-state index contributed by atoms with van der Waals surface area (Å²) in [5.41, 5.74) is 0.512. The molecular weight excluding hydrogens is 237 g/mol. The predicted molar refractivity (Wildman–Crippen MR) is 68.8 cm³/mol. The molecule has 1 aliphatic rings. The zero-order chi connectivity index (χ0) is 12.3. The molecule has 0 saturated carbocycles. The number of carbonyl (C=O) groups is 1. The summed E-state index contributed by atoms with van der Waals surface area (Å²) < 4.78 is 12.9. The minimum absolute atomic E-state index is 0.126. The van der Waals surface area contributed by atoms with Gasteiger partial charge in [0.2, 0.25) is 0 Å². The lowest BCUT2D eigenvalue weighted by atomic mass is 10.1. The Kier molecular flexibility index (Phi) is 3.72. The third-order valence-electron chi connectivity index (χ3n) is 3.03. The van der Waals surface area contributed by atoms with Gasteiger partial charge in [0.25, 0.3) is 5.91 Å². The molecule has 17 heavy (non-hydrogen) atoms. The fraction of sp³-hybridized carbons (Fsp3) is 0.462. The van der Waals surface area contributed by atoms with Gasteiger partial charge in [0.15, 0.2) is 0 Å². The lowest BCUT2D eigenvalue weighted by Gasteiger charge is -2.22. The summed E-state index contributed by atoms with van der Waals surface area (Å²) in [4.78, 5) is 11.8. The highest BCUT2D eigenvalue weighted by atomic mass is 32.2. The van der Waals surface area contributed by atoms with Crippen molar-refractivity contribution in [3.8, 4) is 0 Å². The van der Waals surface area contributed by atoms with Crippen LogP contribution in [0, 0.1) is 5.82 Å². The van der Waals surface area contributed by atoms with Gasteiger partial charge in [-0.3, -0.25) is 4.79 Å². The highest BCUT2D eigenvalue weighted by Gasteiger charge is 2.29. The molecule has 1 fully saturated rings. The molecular formula is C13H16FNOS. The van der Waals surface area contributed by atoms with Gasteiger partial charge in [0.1, 0.15) is 5.82 Å². The van der Waals surface area contributed by atoms with Gasteiger partial charge in [0, 0.05) is 16.9 Å². The van der Waals surface area contributed by atoms with E-state index >= 15 is 0 Å². The van der Waals surface area contributed by atoms with Crippen LogP contribution in [0.15, 0.2) is 24.3 Å². The van der Waals surface area contributed by atoms with Gasteiger partial charge in [-0.05, 0) is 49.8 Å². The van der Waals surface area contributed by atoms with Crippen molar-refractivity contribution in [2.45, 2.75) is 24.5 Å². The smallest absolute Gasteiger partial charge is 0.251 e. The molecule has 92 valence electrons. The van der Waals surface area contributed by atoms with Crippen molar-refractivity contribution in [2.75, 3.05) is 12.3 Å². The van der Waals surface area contributed by atoms with E-state index < -0.39 is 0 Å². The molecule has 1 saturated heterocycles. The normalized spacial score (nSPS) is 23.6. The molecule has 0 radical (unpaired) electrons. The molecule has 0 spiro atoms. The van der Waals surface area contributed by atoms with Crippen LogP contribution in [-0.4, -0.2) is 23.0 Å². The summed E-state index contributed by atoms with van der Waals surface area (Å²) in [5, 5.41) is 2.92. The maximum absolute atomic E-state index is 12.7. The first-order valence-electron chi connectivity index (χ1n) is 5.77. The van der Waals surface area contributed by atoms with Crippen LogP contribution in [0.5, 0.6) is 0 Å². The van der Waals surface area contributed by atoms with Gasteiger partial charge in [-0.2, -0.15) is 11.8 Å². The summed E-state index contributed by atoms with van der Waals surface area (Å²) in [6.45, 7) is 2.85. The van der Waals surface area contributed by atoms with Crippen molar-refractivity contribution in [1.29, 1.82) is 0 Å². The van der Waals surface area contributed by atoms with E-state index in [0.717, 1.165) is 6.42 Å². The maximum Gasteiger partial charge on any atom is 0.251 e. The Morgan fingerprint density at radius 2 is 2.18 bits per heavy atom. The minimum Gasteiger partial charge on any atom is -0.351 e. The summed E-state index contributed by atoms with van der Waals surface area (Å²) in [6, 6.07) is 5.63. The van der Waals surface area contributed by atoms with Crippen molar-refractivity contribution < 1.29 is 9.18 Å². The van der Waals surface area contributed by atoms with Crippen LogP contribution in [0.1, 0.15) is 30.1 Å². The van der Waals surface area contributed by atoms with E-state index in [1.165, 1.54) is 36.4 Å². The number of hydrogen-bond donors (Lipinski definition) is 1. The molecule has 1 atom stereocenters. The zero-order valence-electron chi connectivity index (χ0n) is 9.83. The lowest BCUT2D eigenvalue weighted by molar-refractivity contribution is 0.0950. The second-order valence-corrected chi connectivity index (χ2v) is 6.27. The van der Waals surface area contributed by atoms with Gasteiger partial charge in [-0.1, -0.05) is 0 Å². The van der Waals surface area contributed by atoms with Gasteiger partial charge in [-0.25, -0.2) is 4.39 Å². The number of halogens is 1. The Balaban J connectivity index is 1.91. The van der Waals surface area contributed by atoms with Gasteiger partial charge < -0.3 is 5.32 Å². The Labute approximate surface area is 105 Å². The number of rotatable bonds is 3. The van der Waals surface area contributed by atoms with Crippen LogP contribution in [0.25, 0.3) is 0 Å². The highest BCUT2D eigenvalue weighted by Crippen LogP contribution is 2.36. The van der Waals surface area contributed by atoms with Crippen LogP contribution in [0.3, 0.4) is 0 Å². The van der Waals surface area contributed by atoms with Crippen molar-refractivity contribution in [1.82, 2.24) is 5.32 Å². The standard InChI is InChI=1S/C13H16FNOS/c1-13(7-2-8-17-13)9-15-12(16)10-3-5-11(14)6-4-10/h3-6H,2,7-9H2,1H3,(H,15,16). The highest BCUT2D eigenvalue weighted by molar-refractivity contribution is 8.00. The van der Waals surface area contributed by atoms with Crippen molar-refractivity contribution in [3.63, 3.8) is 0 Å². The average Bonchev–Trinajstić information content (AvgIpc) is 2.75. The molecule has 1 unspecified atom stereocenters. The molecule has 1 N–H and O–H groups in total. The summed E-state index contributed by atoms with van der Waals surface area (Å²) in [6.07, 6.45) is 2.36. The van der Waals surface area contributed by atoms with E-state index in [2.05, 4.69) is 12.2 Å². The van der Waals surface area contributed by atoms with Crippen LogP contribution >= 0.6 is 11.8 Å².